The van der Waals surface area contributed by atoms with E-state index in [0.717, 1.165) is 19.5 Å². The highest BCUT2D eigenvalue weighted by Gasteiger charge is 1.98. The molecule has 1 unspecified atom stereocenters. The molecule has 0 aliphatic carbocycles. The molecule has 1 aromatic heterocycles. The minimum absolute atomic E-state index is 0.206. The largest absolute Gasteiger partial charge is 0.393 e. The lowest BCUT2D eigenvalue weighted by Gasteiger charge is -2.04. The Labute approximate surface area is 91.1 Å². The van der Waals surface area contributed by atoms with E-state index in [0.29, 0.717) is 0 Å². The maximum Gasteiger partial charge on any atom is 0.0701 e. The summed E-state index contributed by atoms with van der Waals surface area (Å²) < 4.78 is 1.17. The molecule has 2 N–H and O–H groups in total. The van der Waals surface area contributed by atoms with Gasteiger partial charge in [-0.2, -0.15) is 0 Å². The molecule has 0 fully saturated rings. The smallest absolute Gasteiger partial charge is 0.0701 e. The van der Waals surface area contributed by atoms with Crippen molar-refractivity contribution in [1.29, 1.82) is 0 Å². The van der Waals surface area contributed by atoms with E-state index in [9.17, 15) is 0 Å². The average molecular weight is 264 g/mol. The van der Waals surface area contributed by atoms with Crippen molar-refractivity contribution in [2.24, 2.45) is 0 Å². The molecule has 74 valence electrons. The number of nitrogens with one attached hydrogen (secondary N) is 1. The molecule has 0 bridgehead atoms. The van der Waals surface area contributed by atoms with Crippen molar-refractivity contribution >= 4 is 27.3 Å². The third-order valence-corrected chi connectivity index (χ3v) is 3.29. The fraction of sp³-hybridized carbons (Fsp3) is 0.556. The van der Waals surface area contributed by atoms with Gasteiger partial charge in [0.15, 0.2) is 0 Å². The van der Waals surface area contributed by atoms with E-state index in [4.69, 9.17) is 5.11 Å². The minimum atomic E-state index is -0.206. The molecule has 1 aromatic rings. The second-order valence-corrected chi connectivity index (χ2v) is 5.57. The van der Waals surface area contributed by atoms with E-state index in [1.165, 1.54) is 8.66 Å². The van der Waals surface area contributed by atoms with Crippen LogP contribution in [0.25, 0.3) is 0 Å². The first-order chi connectivity index (χ1) is 6.18. The zero-order chi connectivity index (χ0) is 9.68. The van der Waals surface area contributed by atoms with Crippen LogP contribution in [0.3, 0.4) is 0 Å². The Balaban J connectivity index is 2.13. The predicted molar refractivity (Wildman–Crippen MR) is 60.0 cm³/mol. The van der Waals surface area contributed by atoms with E-state index in [1.807, 2.05) is 6.92 Å². The highest BCUT2D eigenvalue weighted by molar-refractivity contribution is 9.11. The lowest BCUT2D eigenvalue weighted by Crippen LogP contribution is -2.17. The molecule has 0 spiro atoms. The average Bonchev–Trinajstić information content (AvgIpc) is 2.45. The van der Waals surface area contributed by atoms with Crippen LogP contribution in [0.15, 0.2) is 15.9 Å². The summed E-state index contributed by atoms with van der Waals surface area (Å²) in [5.41, 5.74) is 0. The summed E-state index contributed by atoms with van der Waals surface area (Å²) in [5, 5.41) is 12.3. The summed E-state index contributed by atoms with van der Waals surface area (Å²) in [5.74, 6) is 0. The molecule has 1 atom stereocenters. The van der Waals surface area contributed by atoms with E-state index < -0.39 is 0 Å². The van der Waals surface area contributed by atoms with Crippen molar-refractivity contribution in [2.75, 3.05) is 6.54 Å². The third-order valence-electron chi connectivity index (χ3n) is 1.67. The Bertz CT molecular complexity index is 250. The van der Waals surface area contributed by atoms with Crippen LogP contribution in [-0.4, -0.2) is 17.8 Å². The van der Waals surface area contributed by atoms with Gasteiger partial charge in [-0.15, -0.1) is 11.3 Å². The lowest BCUT2D eigenvalue weighted by molar-refractivity contribution is 0.183. The van der Waals surface area contributed by atoms with Gasteiger partial charge in [0.05, 0.1) is 9.89 Å². The summed E-state index contributed by atoms with van der Waals surface area (Å²) in [6.45, 7) is 3.57. The Morgan fingerprint density at radius 2 is 2.38 bits per heavy atom. The van der Waals surface area contributed by atoms with Crippen LogP contribution < -0.4 is 5.32 Å². The Morgan fingerprint density at radius 1 is 1.62 bits per heavy atom. The van der Waals surface area contributed by atoms with Crippen molar-refractivity contribution in [3.8, 4) is 0 Å². The first kappa shape index (κ1) is 11.2. The fourth-order valence-corrected chi connectivity index (χ4v) is 2.42. The van der Waals surface area contributed by atoms with Gasteiger partial charge in [-0.05, 0) is 48.0 Å². The number of halogens is 1. The number of aliphatic hydroxyl groups is 1. The van der Waals surface area contributed by atoms with E-state index >= 15 is 0 Å². The Hall–Kier alpha value is 0.1000. The SMILES string of the molecule is CC(O)CCNCc1ccc(Br)s1. The normalized spacial score (nSPS) is 13.2. The standard InChI is InChI=1S/C9H14BrNOS/c1-7(12)4-5-11-6-8-2-3-9(10)13-8/h2-3,7,11-12H,4-6H2,1H3. The molecular weight excluding hydrogens is 250 g/mol. The van der Waals surface area contributed by atoms with Crippen molar-refractivity contribution in [2.45, 2.75) is 26.0 Å². The number of thiophene rings is 1. The fourth-order valence-electron chi connectivity index (χ4n) is 0.969. The van der Waals surface area contributed by atoms with E-state index in [-0.39, 0.29) is 6.10 Å². The number of rotatable bonds is 5. The quantitative estimate of drug-likeness (QED) is 0.800. The summed E-state index contributed by atoms with van der Waals surface area (Å²) in [4.78, 5) is 1.32. The third kappa shape index (κ3) is 4.76. The maximum absolute atomic E-state index is 9.01. The van der Waals surface area contributed by atoms with Gasteiger partial charge in [0, 0.05) is 11.4 Å². The molecule has 4 heteroatoms. The Kier molecular flexibility index (Phi) is 4.94. The van der Waals surface area contributed by atoms with Crippen LogP contribution in [0.2, 0.25) is 0 Å². The topological polar surface area (TPSA) is 32.3 Å². The van der Waals surface area contributed by atoms with E-state index in [2.05, 4.69) is 33.4 Å². The molecule has 0 radical (unpaired) electrons. The van der Waals surface area contributed by atoms with Crippen LogP contribution in [-0.2, 0) is 6.54 Å². The van der Waals surface area contributed by atoms with Crippen LogP contribution in [0.1, 0.15) is 18.2 Å². The second kappa shape index (κ2) is 5.75. The zero-order valence-corrected chi connectivity index (χ0v) is 9.99. The predicted octanol–water partition coefficient (Wildman–Crippen LogP) is 2.37. The van der Waals surface area contributed by atoms with Gasteiger partial charge >= 0.3 is 0 Å². The van der Waals surface area contributed by atoms with E-state index in [1.54, 1.807) is 11.3 Å². The Morgan fingerprint density at radius 3 is 2.92 bits per heavy atom. The van der Waals surface area contributed by atoms with Crippen molar-refractivity contribution < 1.29 is 5.11 Å². The highest BCUT2D eigenvalue weighted by atomic mass is 79.9. The van der Waals surface area contributed by atoms with Crippen molar-refractivity contribution in [3.05, 3.63) is 20.8 Å². The zero-order valence-electron chi connectivity index (χ0n) is 7.59. The monoisotopic (exact) mass is 263 g/mol. The second-order valence-electron chi connectivity index (χ2n) is 3.02. The molecule has 1 rings (SSSR count). The van der Waals surface area contributed by atoms with Gasteiger partial charge in [0.1, 0.15) is 0 Å². The van der Waals surface area contributed by atoms with Crippen LogP contribution in [0.4, 0.5) is 0 Å². The molecular formula is C9H14BrNOS. The van der Waals surface area contributed by atoms with Gasteiger partial charge in [0.25, 0.3) is 0 Å². The molecule has 0 aromatic carbocycles. The summed E-state index contributed by atoms with van der Waals surface area (Å²) in [6.07, 6.45) is 0.606. The van der Waals surface area contributed by atoms with Gasteiger partial charge in [-0.3, -0.25) is 0 Å². The lowest BCUT2D eigenvalue weighted by atomic mass is 10.3. The molecule has 0 aliphatic heterocycles. The van der Waals surface area contributed by atoms with Gasteiger partial charge in [0.2, 0.25) is 0 Å². The molecule has 2 nitrogen and oxygen atoms in total. The number of aliphatic hydroxyl groups excluding tert-OH is 1. The molecule has 0 amide bonds. The summed E-state index contributed by atoms with van der Waals surface area (Å²) >= 11 is 5.15. The molecule has 0 aliphatic rings. The van der Waals surface area contributed by atoms with Crippen molar-refractivity contribution in [3.63, 3.8) is 0 Å². The van der Waals surface area contributed by atoms with Gasteiger partial charge in [-0.25, -0.2) is 0 Å². The van der Waals surface area contributed by atoms with Crippen molar-refractivity contribution in [1.82, 2.24) is 5.32 Å². The number of hydrogen-bond acceptors (Lipinski definition) is 3. The summed E-state index contributed by atoms with van der Waals surface area (Å²) in [6, 6.07) is 4.15. The highest BCUT2D eigenvalue weighted by Crippen LogP contribution is 2.21. The molecule has 0 saturated carbocycles. The first-order valence-corrected chi connectivity index (χ1v) is 5.92. The molecule has 13 heavy (non-hydrogen) atoms. The van der Waals surface area contributed by atoms with Gasteiger partial charge < -0.3 is 10.4 Å². The first-order valence-electron chi connectivity index (χ1n) is 4.31. The molecule has 1 heterocycles. The minimum Gasteiger partial charge on any atom is -0.393 e. The number of hydrogen-bond donors (Lipinski definition) is 2. The van der Waals surface area contributed by atoms with Crippen LogP contribution >= 0.6 is 27.3 Å². The van der Waals surface area contributed by atoms with Crippen LogP contribution in [0.5, 0.6) is 0 Å². The van der Waals surface area contributed by atoms with Gasteiger partial charge in [-0.1, -0.05) is 0 Å². The summed E-state index contributed by atoms with van der Waals surface area (Å²) in [7, 11) is 0. The van der Waals surface area contributed by atoms with Crippen LogP contribution in [0, 0.1) is 0 Å². The molecule has 0 saturated heterocycles. The maximum atomic E-state index is 9.01.